The Morgan fingerprint density at radius 3 is 2.43 bits per heavy atom. The third kappa shape index (κ3) is 2.07. The summed E-state index contributed by atoms with van der Waals surface area (Å²) in [6.45, 7) is 1.89. The van der Waals surface area contributed by atoms with Crippen molar-refractivity contribution >= 4 is 0 Å². The summed E-state index contributed by atoms with van der Waals surface area (Å²) in [5.74, 6) is -3.81. The van der Waals surface area contributed by atoms with Crippen molar-refractivity contribution in [2.75, 3.05) is 0 Å². The summed E-state index contributed by atoms with van der Waals surface area (Å²) >= 11 is 0. The molecule has 1 atom stereocenters. The lowest BCUT2D eigenvalue weighted by molar-refractivity contribution is 0.433. The maximum Gasteiger partial charge on any atom is 0.194 e. The molecule has 0 aliphatic carbocycles. The quantitative estimate of drug-likeness (QED) is 0.751. The topological polar surface area (TPSA) is 26.0 Å². The van der Waals surface area contributed by atoms with Crippen LogP contribution in [0.5, 0.6) is 0 Å². The molecule has 0 fully saturated rings. The van der Waals surface area contributed by atoms with Crippen molar-refractivity contribution in [1.29, 1.82) is 0 Å². The van der Waals surface area contributed by atoms with Crippen molar-refractivity contribution < 1.29 is 13.2 Å². The molecule has 0 heterocycles. The normalized spacial score (nSPS) is 12.9. The molecular formula is C10H12F3N. The summed E-state index contributed by atoms with van der Waals surface area (Å²) in [6, 6.07) is 1.51. The van der Waals surface area contributed by atoms with Crippen molar-refractivity contribution in [3.8, 4) is 0 Å². The van der Waals surface area contributed by atoms with Crippen molar-refractivity contribution in [2.45, 2.75) is 25.8 Å². The van der Waals surface area contributed by atoms with E-state index in [4.69, 9.17) is 5.73 Å². The molecule has 0 spiro atoms. The van der Waals surface area contributed by atoms with Gasteiger partial charge in [0.15, 0.2) is 17.5 Å². The lowest BCUT2D eigenvalue weighted by Crippen LogP contribution is -2.13. The largest absolute Gasteiger partial charge is 0.324 e. The third-order valence-electron chi connectivity index (χ3n) is 2.06. The van der Waals surface area contributed by atoms with Gasteiger partial charge in [0.1, 0.15) is 0 Å². The average Bonchev–Trinajstić information content (AvgIpc) is 2.15. The van der Waals surface area contributed by atoms with E-state index >= 15 is 0 Å². The van der Waals surface area contributed by atoms with Gasteiger partial charge in [-0.15, -0.1) is 0 Å². The first-order valence-corrected chi connectivity index (χ1v) is 4.46. The van der Waals surface area contributed by atoms with Crippen molar-refractivity contribution in [2.24, 2.45) is 5.73 Å². The highest BCUT2D eigenvalue weighted by atomic mass is 19.2. The Bertz CT molecular complexity index is 325. The Kier molecular flexibility index (Phi) is 3.52. The maximum absolute atomic E-state index is 13.1. The van der Waals surface area contributed by atoms with Crippen LogP contribution in [0.15, 0.2) is 12.1 Å². The molecule has 0 aromatic heterocycles. The molecule has 78 valence electrons. The van der Waals surface area contributed by atoms with Gasteiger partial charge in [0.05, 0.1) is 0 Å². The van der Waals surface area contributed by atoms with E-state index in [1.165, 1.54) is 6.07 Å². The molecule has 1 aromatic carbocycles. The second kappa shape index (κ2) is 4.46. The van der Waals surface area contributed by atoms with Gasteiger partial charge in [-0.25, -0.2) is 13.2 Å². The Morgan fingerprint density at radius 1 is 1.21 bits per heavy atom. The van der Waals surface area contributed by atoms with Gasteiger partial charge in [-0.1, -0.05) is 19.4 Å². The molecule has 1 rings (SSSR count). The second-order valence-corrected chi connectivity index (χ2v) is 3.16. The summed E-state index contributed by atoms with van der Waals surface area (Å²) in [6.07, 6.45) is 1.31. The minimum absolute atomic E-state index is 0.0331. The minimum Gasteiger partial charge on any atom is -0.324 e. The van der Waals surface area contributed by atoms with E-state index < -0.39 is 23.5 Å². The number of benzene rings is 1. The Hall–Kier alpha value is -1.03. The first-order valence-electron chi connectivity index (χ1n) is 4.46. The molecule has 0 saturated heterocycles. The summed E-state index contributed by atoms with van der Waals surface area (Å²) in [7, 11) is 0. The first-order chi connectivity index (χ1) is 6.57. The highest BCUT2D eigenvalue weighted by Gasteiger charge is 2.17. The minimum atomic E-state index is -1.45. The van der Waals surface area contributed by atoms with Gasteiger partial charge in [-0.2, -0.15) is 0 Å². The van der Waals surface area contributed by atoms with Gasteiger partial charge in [0.2, 0.25) is 0 Å². The monoisotopic (exact) mass is 203 g/mol. The van der Waals surface area contributed by atoms with Crippen LogP contribution in [0.3, 0.4) is 0 Å². The highest BCUT2D eigenvalue weighted by Crippen LogP contribution is 2.22. The fourth-order valence-corrected chi connectivity index (χ4v) is 1.29. The molecule has 0 bridgehead atoms. The summed E-state index contributed by atoms with van der Waals surface area (Å²) in [5.41, 5.74) is 5.63. The number of halogens is 3. The van der Waals surface area contributed by atoms with Crippen molar-refractivity contribution in [3.05, 3.63) is 35.1 Å². The van der Waals surface area contributed by atoms with Crippen LogP contribution in [-0.2, 0) is 0 Å². The van der Waals surface area contributed by atoms with E-state index in [0.717, 1.165) is 12.5 Å². The molecule has 0 amide bonds. The van der Waals surface area contributed by atoms with Gasteiger partial charge in [-0.05, 0) is 12.5 Å². The predicted octanol–water partition coefficient (Wildman–Crippen LogP) is 2.90. The van der Waals surface area contributed by atoms with Crippen molar-refractivity contribution in [1.82, 2.24) is 0 Å². The lowest BCUT2D eigenvalue weighted by atomic mass is 10.0. The lowest BCUT2D eigenvalue weighted by Gasteiger charge is -2.11. The number of rotatable bonds is 3. The molecule has 4 heteroatoms. The van der Waals surface area contributed by atoms with Crippen molar-refractivity contribution in [3.63, 3.8) is 0 Å². The van der Waals surface area contributed by atoms with E-state index in [1.807, 2.05) is 6.92 Å². The SMILES string of the molecule is CCC[C@@H](N)c1ccc(F)c(F)c1F. The Balaban J connectivity index is 3.04. The predicted molar refractivity (Wildman–Crippen MR) is 48.2 cm³/mol. The van der Waals surface area contributed by atoms with E-state index in [1.54, 1.807) is 0 Å². The standard InChI is InChI=1S/C10H12F3N/c1-2-3-8(14)6-4-5-7(11)10(13)9(6)12/h4-5,8H,2-3,14H2,1H3/t8-/m1/s1. The van der Waals surface area contributed by atoms with Crippen LogP contribution in [0.4, 0.5) is 13.2 Å². The van der Waals surface area contributed by atoms with Gasteiger partial charge in [0.25, 0.3) is 0 Å². The molecular weight excluding hydrogens is 191 g/mol. The first kappa shape index (κ1) is 11.0. The molecule has 14 heavy (non-hydrogen) atoms. The van der Waals surface area contributed by atoms with Crippen LogP contribution in [0.1, 0.15) is 31.4 Å². The van der Waals surface area contributed by atoms with Crippen LogP contribution in [0, 0.1) is 17.5 Å². The summed E-state index contributed by atoms with van der Waals surface area (Å²) in [4.78, 5) is 0. The Labute approximate surface area is 80.7 Å². The second-order valence-electron chi connectivity index (χ2n) is 3.16. The molecule has 2 N–H and O–H groups in total. The molecule has 0 aliphatic rings. The molecule has 0 radical (unpaired) electrons. The maximum atomic E-state index is 13.1. The summed E-state index contributed by atoms with van der Waals surface area (Å²) in [5, 5.41) is 0. The van der Waals surface area contributed by atoms with Crippen LogP contribution in [0.2, 0.25) is 0 Å². The van der Waals surface area contributed by atoms with E-state index in [9.17, 15) is 13.2 Å². The number of hydrogen-bond donors (Lipinski definition) is 1. The van der Waals surface area contributed by atoms with Crippen LogP contribution in [-0.4, -0.2) is 0 Å². The molecule has 0 saturated carbocycles. The van der Waals surface area contributed by atoms with Gasteiger partial charge < -0.3 is 5.73 Å². The fraction of sp³-hybridized carbons (Fsp3) is 0.400. The van der Waals surface area contributed by atoms with Gasteiger partial charge >= 0.3 is 0 Å². The Morgan fingerprint density at radius 2 is 1.86 bits per heavy atom. The smallest absolute Gasteiger partial charge is 0.194 e. The number of nitrogens with two attached hydrogens (primary N) is 1. The van der Waals surface area contributed by atoms with E-state index in [0.29, 0.717) is 6.42 Å². The summed E-state index contributed by atoms with van der Waals surface area (Å²) < 4.78 is 38.5. The molecule has 1 nitrogen and oxygen atoms in total. The van der Waals surface area contributed by atoms with Crippen LogP contribution >= 0.6 is 0 Å². The zero-order valence-electron chi connectivity index (χ0n) is 7.86. The zero-order valence-corrected chi connectivity index (χ0v) is 7.86. The van der Waals surface area contributed by atoms with E-state index in [-0.39, 0.29) is 5.56 Å². The van der Waals surface area contributed by atoms with Gasteiger partial charge in [0, 0.05) is 11.6 Å². The number of hydrogen-bond acceptors (Lipinski definition) is 1. The molecule has 0 aliphatic heterocycles. The highest BCUT2D eigenvalue weighted by molar-refractivity contribution is 5.23. The average molecular weight is 203 g/mol. The molecule has 0 unspecified atom stereocenters. The van der Waals surface area contributed by atoms with Crippen LogP contribution in [0.25, 0.3) is 0 Å². The van der Waals surface area contributed by atoms with E-state index in [2.05, 4.69) is 0 Å². The molecule has 1 aromatic rings. The third-order valence-corrected chi connectivity index (χ3v) is 2.06. The van der Waals surface area contributed by atoms with Gasteiger partial charge in [-0.3, -0.25) is 0 Å². The van der Waals surface area contributed by atoms with Crippen LogP contribution < -0.4 is 5.73 Å². The zero-order chi connectivity index (χ0) is 10.7. The fourth-order valence-electron chi connectivity index (χ4n) is 1.29.